The molecule has 2 aromatic carbocycles. The number of hydrogen-bond donors (Lipinski definition) is 0. The zero-order valence-electron chi connectivity index (χ0n) is 20.8. The Labute approximate surface area is 207 Å². The Morgan fingerprint density at radius 3 is 2.63 bits per heavy atom. The Morgan fingerprint density at radius 2 is 1.86 bits per heavy atom. The van der Waals surface area contributed by atoms with Gasteiger partial charge in [-0.1, -0.05) is 30.3 Å². The third-order valence-corrected chi connectivity index (χ3v) is 7.66. The highest BCUT2D eigenvalue weighted by Gasteiger charge is 2.44. The van der Waals surface area contributed by atoms with Crippen molar-refractivity contribution in [2.45, 2.75) is 24.7 Å². The van der Waals surface area contributed by atoms with Crippen LogP contribution in [0.2, 0.25) is 0 Å². The predicted molar refractivity (Wildman–Crippen MR) is 138 cm³/mol. The number of para-hydroxylation sites is 1. The van der Waals surface area contributed by atoms with Crippen molar-refractivity contribution in [1.29, 1.82) is 0 Å². The molecule has 35 heavy (non-hydrogen) atoms. The fourth-order valence-electron chi connectivity index (χ4n) is 5.72. The van der Waals surface area contributed by atoms with Crippen molar-refractivity contribution in [3.8, 4) is 5.75 Å². The lowest BCUT2D eigenvalue weighted by molar-refractivity contribution is -0.141. The largest absolute Gasteiger partial charge is 0.497 e. The summed E-state index contributed by atoms with van der Waals surface area (Å²) in [5, 5.41) is 1.17. The molecule has 0 radical (unpaired) electrons. The van der Waals surface area contributed by atoms with Gasteiger partial charge in [0.2, 0.25) is 5.91 Å². The SMILES string of the molecule is COc1ccc(C2(C(=O)N3CCN(C)C[C@H](Cc4cnc5ccccc5c4)C3)CCOCC2)cc1. The van der Waals surface area contributed by atoms with E-state index in [1.54, 1.807) is 7.11 Å². The number of hydrogen-bond acceptors (Lipinski definition) is 5. The fourth-order valence-corrected chi connectivity index (χ4v) is 5.72. The van der Waals surface area contributed by atoms with Crippen LogP contribution in [0.15, 0.2) is 60.8 Å². The summed E-state index contributed by atoms with van der Waals surface area (Å²) in [5.74, 6) is 1.40. The molecule has 0 bridgehead atoms. The Bertz CT molecular complexity index is 1160. The molecule has 2 fully saturated rings. The smallest absolute Gasteiger partial charge is 0.233 e. The van der Waals surface area contributed by atoms with Gasteiger partial charge in [0.1, 0.15) is 5.75 Å². The second kappa shape index (κ2) is 10.3. The Morgan fingerprint density at radius 1 is 1.09 bits per heavy atom. The van der Waals surface area contributed by atoms with Crippen molar-refractivity contribution < 1.29 is 14.3 Å². The molecule has 0 saturated carbocycles. The van der Waals surface area contributed by atoms with Gasteiger partial charge >= 0.3 is 0 Å². The first-order chi connectivity index (χ1) is 17.1. The van der Waals surface area contributed by atoms with Gasteiger partial charge in [-0.25, -0.2) is 0 Å². The molecule has 1 aromatic heterocycles. The van der Waals surface area contributed by atoms with Crippen LogP contribution in [0, 0.1) is 5.92 Å². The molecule has 0 aliphatic carbocycles. The van der Waals surface area contributed by atoms with Gasteiger partial charge in [-0.3, -0.25) is 9.78 Å². The Kier molecular flexibility index (Phi) is 7.02. The number of fused-ring (bicyclic) bond motifs is 1. The summed E-state index contributed by atoms with van der Waals surface area (Å²) in [6.45, 7) is 4.58. The third kappa shape index (κ3) is 5.04. The highest BCUT2D eigenvalue weighted by molar-refractivity contribution is 5.88. The van der Waals surface area contributed by atoms with Crippen molar-refractivity contribution >= 4 is 16.8 Å². The van der Waals surface area contributed by atoms with E-state index in [0.29, 0.717) is 32.0 Å². The predicted octanol–water partition coefficient (Wildman–Crippen LogP) is 3.92. The minimum absolute atomic E-state index is 0.239. The molecule has 5 rings (SSSR count). The van der Waals surface area contributed by atoms with Crippen molar-refractivity contribution in [3.63, 3.8) is 0 Å². The molecule has 1 amide bonds. The van der Waals surface area contributed by atoms with E-state index in [9.17, 15) is 4.79 Å². The van der Waals surface area contributed by atoms with Crippen molar-refractivity contribution in [1.82, 2.24) is 14.8 Å². The van der Waals surface area contributed by atoms with Gasteiger partial charge in [-0.05, 0) is 67.6 Å². The molecule has 184 valence electrons. The van der Waals surface area contributed by atoms with E-state index in [2.05, 4.69) is 52.2 Å². The second-order valence-electron chi connectivity index (χ2n) is 10.0. The zero-order chi connectivity index (χ0) is 24.3. The number of pyridine rings is 1. The standard InChI is InChI=1S/C29H35N3O3/c1-31-13-14-32(21-23(20-31)17-22-18-24-5-3-4-6-27(24)30-19-22)28(33)29(11-15-35-16-12-29)25-7-9-26(34-2)10-8-25/h3-10,18-19,23H,11-17,20-21H2,1-2H3/t23-/m0/s1. The lowest BCUT2D eigenvalue weighted by Crippen LogP contribution is -2.51. The maximum absolute atomic E-state index is 14.3. The average molecular weight is 474 g/mol. The van der Waals surface area contributed by atoms with E-state index in [1.165, 1.54) is 10.9 Å². The molecule has 2 aliphatic heterocycles. The molecule has 6 heteroatoms. The number of carbonyl (C=O) groups is 1. The number of benzene rings is 2. The summed E-state index contributed by atoms with van der Waals surface area (Å²) in [5.41, 5.74) is 2.78. The summed E-state index contributed by atoms with van der Waals surface area (Å²) in [4.78, 5) is 23.4. The van der Waals surface area contributed by atoms with Gasteiger partial charge in [0.05, 0.1) is 18.0 Å². The van der Waals surface area contributed by atoms with Crippen LogP contribution in [0.1, 0.15) is 24.0 Å². The van der Waals surface area contributed by atoms with Crippen LogP contribution in [0.25, 0.3) is 10.9 Å². The molecule has 0 N–H and O–H groups in total. The lowest BCUT2D eigenvalue weighted by atomic mass is 9.72. The van der Waals surface area contributed by atoms with Gasteiger partial charge < -0.3 is 19.3 Å². The minimum Gasteiger partial charge on any atom is -0.497 e. The van der Waals surface area contributed by atoms with E-state index in [4.69, 9.17) is 9.47 Å². The monoisotopic (exact) mass is 473 g/mol. The van der Waals surface area contributed by atoms with E-state index in [1.807, 2.05) is 30.5 Å². The van der Waals surface area contributed by atoms with Crippen molar-refractivity contribution in [3.05, 3.63) is 71.9 Å². The quantitative estimate of drug-likeness (QED) is 0.562. The zero-order valence-corrected chi connectivity index (χ0v) is 20.8. The van der Waals surface area contributed by atoms with E-state index in [0.717, 1.165) is 49.4 Å². The van der Waals surface area contributed by atoms with Crippen LogP contribution in [0.3, 0.4) is 0 Å². The summed E-state index contributed by atoms with van der Waals surface area (Å²) in [6.07, 6.45) is 4.33. The fraction of sp³-hybridized carbons (Fsp3) is 0.448. The van der Waals surface area contributed by atoms with Gasteiger partial charge in [-0.15, -0.1) is 0 Å². The third-order valence-electron chi connectivity index (χ3n) is 7.66. The molecule has 1 atom stereocenters. The highest BCUT2D eigenvalue weighted by Crippen LogP contribution is 2.38. The van der Waals surface area contributed by atoms with E-state index in [-0.39, 0.29) is 5.91 Å². The van der Waals surface area contributed by atoms with Crippen molar-refractivity contribution in [2.75, 3.05) is 53.6 Å². The second-order valence-corrected chi connectivity index (χ2v) is 10.0. The maximum Gasteiger partial charge on any atom is 0.233 e. The minimum atomic E-state index is -0.539. The van der Waals surface area contributed by atoms with Gasteiger partial charge in [0.15, 0.2) is 0 Å². The van der Waals surface area contributed by atoms with Gasteiger partial charge in [0.25, 0.3) is 0 Å². The maximum atomic E-state index is 14.3. The summed E-state index contributed by atoms with van der Waals surface area (Å²) in [7, 11) is 3.83. The molecule has 3 aromatic rings. The summed E-state index contributed by atoms with van der Waals surface area (Å²) < 4.78 is 11.1. The topological polar surface area (TPSA) is 54.9 Å². The number of ether oxygens (including phenoxy) is 2. The number of rotatable bonds is 5. The average Bonchev–Trinajstić information content (AvgIpc) is 3.09. The number of likely N-dealkylation sites (N-methyl/N-ethyl adjacent to an activating group) is 1. The molecule has 0 unspecified atom stereocenters. The molecular weight excluding hydrogens is 438 g/mol. The van der Waals surface area contributed by atoms with Crippen molar-refractivity contribution in [2.24, 2.45) is 5.92 Å². The van der Waals surface area contributed by atoms with Crippen LogP contribution in [0.5, 0.6) is 5.75 Å². The van der Waals surface area contributed by atoms with Crippen LogP contribution in [-0.4, -0.2) is 74.2 Å². The molecular formula is C29H35N3O3. The van der Waals surface area contributed by atoms with Gasteiger partial charge in [-0.2, -0.15) is 0 Å². The van der Waals surface area contributed by atoms with Crippen LogP contribution in [0.4, 0.5) is 0 Å². The normalized spacial score (nSPS) is 21.0. The molecule has 6 nitrogen and oxygen atoms in total. The highest BCUT2D eigenvalue weighted by atomic mass is 16.5. The summed E-state index contributed by atoms with van der Waals surface area (Å²) >= 11 is 0. The lowest BCUT2D eigenvalue weighted by Gasteiger charge is -2.40. The molecule has 2 saturated heterocycles. The molecule has 2 aliphatic rings. The number of carbonyl (C=O) groups excluding carboxylic acids is 1. The van der Waals surface area contributed by atoms with Crippen LogP contribution < -0.4 is 4.74 Å². The summed E-state index contributed by atoms with van der Waals surface area (Å²) in [6, 6.07) is 18.5. The Balaban J connectivity index is 1.39. The first-order valence-corrected chi connectivity index (χ1v) is 12.6. The molecule has 3 heterocycles. The Hall–Kier alpha value is -2.96. The van der Waals surface area contributed by atoms with E-state index < -0.39 is 5.41 Å². The van der Waals surface area contributed by atoms with Crippen LogP contribution in [-0.2, 0) is 21.4 Å². The number of methoxy groups -OCH3 is 1. The number of aromatic nitrogens is 1. The number of amides is 1. The van der Waals surface area contributed by atoms with Gasteiger partial charge in [0, 0.05) is 51.0 Å². The van der Waals surface area contributed by atoms with Crippen LogP contribution >= 0.6 is 0 Å². The first kappa shape index (κ1) is 23.8. The number of nitrogens with zero attached hydrogens (tertiary/aromatic N) is 3. The molecule has 0 spiro atoms. The first-order valence-electron chi connectivity index (χ1n) is 12.6. The van der Waals surface area contributed by atoms with E-state index >= 15 is 0 Å².